The van der Waals surface area contributed by atoms with Gasteiger partial charge in [-0.3, -0.25) is 14.6 Å². The molecule has 17 heteroatoms. The number of alkyl halides is 9. The minimum Gasteiger partial charge on any atom is -0.395 e. The highest BCUT2D eigenvalue weighted by Gasteiger charge is 2.40. The highest BCUT2D eigenvalue weighted by molar-refractivity contribution is 5.95. The van der Waals surface area contributed by atoms with Crippen molar-refractivity contribution in [2.45, 2.75) is 62.3 Å². The summed E-state index contributed by atoms with van der Waals surface area (Å²) in [4.78, 5) is 18.7. The lowest BCUT2D eigenvalue weighted by molar-refractivity contribution is -0.143. The van der Waals surface area contributed by atoms with Gasteiger partial charge in [-0.05, 0) is 55.2 Å². The molecule has 2 aromatic rings. The van der Waals surface area contributed by atoms with Crippen molar-refractivity contribution in [2.75, 3.05) is 45.9 Å². The third-order valence-corrected chi connectivity index (χ3v) is 8.52. The van der Waals surface area contributed by atoms with Gasteiger partial charge in [-0.15, -0.1) is 24.8 Å². The van der Waals surface area contributed by atoms with Gasteiger partial charge in [-0.25, -0.2) is 0 Å². The van der Waals surface area contributed by atoms with Crippen molar-refractivity contribution in [1.29, 1.82) is 0 Å². The quantitative estimate of drug-likeness (QED) is 0.319. The molecular formula is C30H36Cl2F9N3O3. The van der Waals surface area contributed by atoms with E-state index in [9.17, 15) is 54.5 Å². The van der Waals surface area contributed by atoms with Crippen LogP contribution in [0.5, 0.6) is 0 Å². The highest BCUT2D eigenvalue weighted by atomic mass is 35.5. The smallest absolute Gasteiger partial charge is 0.395 e. The van der Waals surface area contributed by atoms with Crippen molar-refractivity contribution in [3.05, 3.63) is 70.3 Å². The summed E-state index contributed by atoms with van der Waals surface area (Å²) in [6.45, 7) is 0.953. The molecule has 0 spiro atoms. The maximum atomic E-state index is 13.6. The van der Waals surface area contributed by atoms with Crippen molar-refractivity contribution in [3.8, 4) is 0 Å². The number of aliphatic hydroxyl groups excluding tert-OH is 2. The average Bonchev–Trinajstić information content (AvgIpc) is 2.98. The predicted octanol–water partition coefficient (Wildman–Crippen LogP) is 6.16. The molecule has 0 aromatic heterocycles. The van der Waals surface area contributed by atoms with Crippen LogP contribution in [0.3, 0.4) is 0 Å². The minimum atomic E-state index is -5.15. The number of carbonyl (C=O) groups excluding carboxylic acids is 1. The van der Waals surface area contributed by atoms with Gasteiger partial charge in [0.2, 0.25) is 0 Å². The topological polar surface area (TPSA) is 67.3 Å². The number of hydrogen-bond donors (Lipinski definition) is 2. The summed E-state index contributed by atoms with van der Waals surface area (Å²) in [5.74, 6) is -1.06. The second kappa shape index (κ2) is 16.4. The van der Waals surface area contributed by atoms with Gasteiger partial charge in [-0.2, -0.15) is 39.5 Å². The lowest BCUT2D eigenvalue weighted by Crippen LogP contribution is -2.58. The molecule has 6 nitrogen and oxygen atoms in total. The first kappa shape index (κ1) is 40.9. The molecule has 2 saturated heterocycles. The van der Waals surface area contributed by atoms with E-state index < -0.39 is 52.7 Å². The maximum Gasteiger partial charge on any atom is 0.416 e. The molecule has 0 unspecified atom stereocenters. The van der Waals surface area contributed by atoms with E-state index in [0.29, 0.717) is 30.8 Å². The molecule has 2 aliphatic heterocycles. The standard InChI is InChI=1S/C30H34F9N3O3.2ClH/c31-28(32,33)21-6-4-19(5-7-21)12-26-16-40(8-10-41-24(17-43)2-1-3-25(41)18-44)9-11-42(26)27(45)20-13-22(29(34,35)36)15-23(14-20)30(37,38)39;;/h4-7,13-15,24-26,43-44H,1-3,8-12,16-18H2;2*1H/t24-,25+,26-;;/m1../s1. The Balaban J connectivity index is 0.00000384. The summed E-state index contributed by atoms with van der Waals surface area (Å²) in [7, 11) is 0. The highest BCUT2D eigenvalue weighted by Crippen LogP contribution is 2.37. The Morgan fingerprint density at radius 3 is 1.68 bits per heavy atom. The van der Waals surface area contributed by atoms with Crippen LogP contribution in [0, 0.1) is 0 Å². The number of amides is 1. The molecule has 0 bridgehead atoms. The summed E-state index contributed by atoms with van der Waals surface area (Å²) in [6.07, 6.45) is -12.6. The third kappa shape index (κ3) is 10.3. The summed E-state index contributed by atoms with van der Waals surface area (Å²) >= 11 is 0. The van der Waals surface area contributed by atoms with Crippen molar-refractivity contribution < 1.29 is 54.5 Å². The van der Waals surface area contributed by atoms with Crippen LogP contribution in [-0.4, -0.2) is 94.9 Å². The zero-order chi connectivity index (χ0) is 33.2. The van der Waals surface area contributed by atoms with E-state index in [-0.39, 0.29) is 82.2 Å². The van der Waals surface area contributed by atoms with Crippen molar-refractivity contribution in [1.82, 2.24) is 14.7 Å². The molecule has 2 N–H and O–H groups in total. The molecular weight excluding hydrogens is 692 g/mol. The van der Waals surface area contributed by atoms with E-state index in [4.69, 9.17) is 0 Å². The maximum absolute atomic E-state index is 13.6. The van der Waals surface area contributed by atoms with E-state index >= 15 is 0 Å². The number of nitrogens with zero attached hydrogens (tertiary/aromatic N) is 3. The van der Waals surface area contributed by atoms with Gasteiger partial charge in [-0.1, -0.05) is 18.6 Å². The molecule has 1 amide bonds. The number of carbonyl (C=O) groups is 1. The van der Waals surface area contributed by atoms with Crippen molar-refractivity contribution in [2.24, 2.45) is 0 Å². The van der Waals surface area contributed by atoms with Crippen molar-refractivity contribution >= 4 is 30.7 Å². The van der Waals surface area contributed by atoms with Gasteiger partial charge in [0.15, 0.2) is 0 Å². The lowest BCUT2D eigenvalue weighted by atomic mass is 9.96. The SMILES string of the molecule is Cl.Cl.O=C(c1cc(C(F)(F)F)cc(C(F)(F)F)c1)N1CCN(CCN2[C@H](CO)CCC[C@@H]2CO)C[C@H]1Cc1ccc(C(F)(F)F)cc1. The van der Waals surface area contributed by atoms with Gasteiger partial charge >= 0.3 is 18.5 Å². The molecule has 47 heavy (non-hydrogen) atoms. The predicted molar refractivity (Wildman–Crippen MR) is 160 cm³/mol. The van der Waals surface area contributed by atoms with E-state index in [1.807, 2.05) is 9.80 Å². The number of hydrogen-bond acceptors (Lipinski definition) is 5. The number of aliphatic hydroxyl groups is 2. The van der Waals surface area contributed by atoms with Crippen LogP contribution < -0.4 is 0 Å². The fourth-order valence-electron chi connectivity index (χ4n) is 6.14. The second-order valence-electron chi connectivity index (χ2n) is 11.5. The molecule has 0 saturated carbocycles. The van der Waals surface area contributed by atoms with E-state index in [0.717, 1.165) is 31.4 Å². The van der Waals surface area contributed by atoms with Crippen LogP contribution in [0.25, 0.3) is 0 Å². The van der Waals surface area contributed by atoms with Gasteiger partial charge in [0.1, 0.15) is 0 Å². The van der Waals surface area contributed by atoms with Crippen LogP contribution in [0.4, 0.5) is 39.5 Å². The molecule has 3 atom stereocenters. The Bertz CT molecular complexity index is 1270. The van der Waals surface area contributed by atoms with E-state index in [1.165, 1.54) is 17.0 Å². The summed E-state index contributed by atoms with van der Waals surface area (Å²) < 4.78 is 120. The largest absolute Gasteiger partial charge is 0.416 e. The molecule has 2 fully saturated rings. The fraction of sp³-hybridized carbons (Fsp3) is 0.567. The summed E-state index contributed by atoms with van der Waals surface area (Å²) in [5, 5.41) is 19.7. The van der Waals surface area contributed by atoms with Gasteiger partial charge in [0, 0.05) is 56.4 Å². The summed E-state index contributed by atoms with van der Waals surface area (Å²) in [5.41, 5.74) is -4.56. The van der Waals surface area contributed by atoms with Gasteiger partial charge < -0.3 is 15.1 Å². The molecule has 2 heterocycles. The number of likely N-dealkylation sites (tertiary alicyclic amines) is 1. The number of halogens is 11. The Morgan fingerprint density at radius 1 is 0.702 bits per heavy atom. The first-order valence-corrected chi connectivity index (χ1v) is 14.5. The second-order valence-corrected chi connectivity index (χ2v) is 11.5. The van der Waals surface area contributed by atoms with Gasteiger partial charge in [0.05, 0.1) is 29.9 Å². The average molecular weight is 729 g/mol. The van der Waals surface area contributed by atoms with Crippen LogP contribution in [-0.2, 0) is 24.9 Å². The minimum absolute atomic E-state index is 0. The number of benzene rings is 2. The molecule has 0 aliphatic carbocycles. The first-order chi connectivity index (χ1) is 21.0. The molecule has 2 aliphatic rings. The zero-order valence-electron chi connectivity index (χ0n) is 24.9. The Kier molecular flexibility index (Phi) is 14.3. The molecule has 2 aromatic carbocycles. The number of rotatable bonds is 8. The van der Waals surface area contributed by atoms with E-state index in [2.05, 4.69) is 0 Å². The zero-order valence-corrected chi connectivity index (χ0v) is 26.5. The number of piperidine rings is 1. The first-order valence-electron chi connectivity index (χ1n) is 14.5. The third-order valence-electron chi connectivity index (χ3n) is 8.52. The Hall–Kier alpha value is -2.30. The normalized spacial score (nSPS) is 21.6. The van der Waals surface area contributed by atoms with Crippen LogP contribution in [0.2, 0.25) is 0 Å². The molecule has 0 radical (unpaired) electrons. The monoisotopic (exact) mass is 727 g/mol. The van der Waals surface area contributed by atoms with Crippen LogP contribution in [0.15, 0.2) is 42.5 Å². The fourth-order valence-corrected chi connectivity index (χ4v) is 6.14. The molecule has 4 rings (SSSR count). The molecule has 266 valence electrons. The van der Waals surface area contributed by atoms with Crippen LogP contribution >= 0.6 is 24.8 Å². The summed E-state index contributed by atoms with van der Waals surface area (Å²) in [6, 6.07) is 3.75. The van der Waals surface area contributed by atoms with Gasteiger partial charge in [0.25, 0.3) is 5.91 Å². The van der Waals surface area contributed by atoms with Crippen LogP contribution in [0.1, 0.15) is 51.9 Å². The Morgan fingerprint density at radius 2 is 1.21 bits per heavy atom. The lowest BCUT2D eigenvalue weighted by Gasteiger charge is -2.44. The van der Waals surface area contributed by atoms with Crippen molar-refractivity contribution in [3.63, 3.8) is 0 Å². The Labute approximate surface area is 278 Å². The van der Waals surface area contributed by atoms with E-state index in [1.54, 1.807) is 0 Å². The number of piperazine rings is 1.